The second-order valence-corrected chi connectivity index (χ2v) is 10.4. The molecule has 0 saturated carbocycles. The molecule has 35 heavy (non-hydrogen) atoms. The highest BCUT2D eigenvalue weighted by Crippen LogP contribution is 2.63. The van der Waals surface area contributed by atoms with Crippen molar-refractivity contribution in [1.29, 1.82) is 0 Å². The summed E-state index contributed by atoms with van der Waals surface area (Å²) in [5.41, 5.74) is -1.08. The molecule has 3 aliphatic heterocycles. The van der Waals surface area contributed by atoms with Crippen molar-refractivity contribution in [2.45, 2.75) is 82.5 Å². The Labute approximate surface area is 207 Å². The molecule has 0 aliphatic carbocycles. The van der Waals surface area contributed by atoms with E-state index >= 15 is 0 Å². The number of unbranched alkanes of at least 4 members (excludes halogenated alkanes) is 4. The van der Waals surface area contributed by atoms with E-state index in [9.17, 15) is 14.4 Å². The van der Waals surface area contributed by atoms with Gasteiger partial charge in [0.2, 0.25) is 17.7 Å². The Bertz CT molecular complexity index is 925. The molecule has 192 valence electrons. The van der Waals surface area contributed by atoms with Crippen molar-refractivity contribution in [2.24, 2.45) is 11.8 Å². The van der Waals surface area contributed by atoms with Crippen LogP contribution >= 0.6 is 0 Å². The van der Waals surface area contributed by atoms with E-state index in [1.165, 1.54) is 0 Å². The van der Waals surface area contributed by atoms with Gasteiger partial charge in [0, 0.05) is 25.4 Å². The minimum atomic E-state index is -0.980. The number of nitrogens with zero attached hydrogens (tertiary/aromatic N) is 1. The lowest BCUT2D eigenvalue weighted by atomic mass is 9.66. The highest BCUT2D eigenvalue weighted by molar-refractivity contribution is 6.02. The van der Waals surface area contributed by atoms with E-state index in [1.54, 1.807) is 4.90 Å². The van der Waals surface area contributed by atoms with Gasteiger partial charge in [-0.15, -0.1) is 0 Å². The minimum Gasteiger partial charge on any atom is -0.396 e. The molecule has 1 spiro atoms. The Balaban J connectivity index is 1.60. The molecule has 0 aromatic heterocycles. The summed E-state index contributed by atoms with van der Waals surface area (Å²) in [6.45, 7) is 5.13. The van der Waals surface area contributed by atoms with E-state index in [0.717, 1.165) is 38.5 Å². The molecule has 3 saturated heterocycles. The number of anilines is 1. The molecule has 8 nitrogen and oxygen atoms in total. The van der Waals surface area contributed by atoms with Crippen molar-refractivity contribution in [3.05, 3.63) is 30.3 Å². The van der Waals surface area contributed by atoms with Crippen LogP contribution in [-0.4, -0.2) is 64.7 Å². The van der Waals surface area contributed by atoms with Gasteiger partial charge in [0.1, 0.15) is 11.6 Å². The number of aliphatic hydroxyl groups excluding tert-OH is 1. The average Bonchev–Trinajstić information content (AvgIpc) is 3.40. The van der Waals surface area contributed by atoms with Crippen LogP contribution in [-0.2, 0) is 19.1 Å². The zero-order valence-corrected chi connectivity index (χ0v) is 20.9. The fourth-order valence-corrected chi connectivity index (χ4v) is 6.34. The Morgan fingerprint density at radius 3 is 2.54 bits per heavy atom. The maximum atomic E-state index is 13.9. The van der Waals surface area contributed by atoms with Crippen LogP contribution in [0.2, 0.25) is 0 Å². The SMILES string of the molecule is CCCCNC(=O)C1N(CCCCCCO)C(=O)[C@@H]2[C@@H](C(=O)Nc3ccccc3)[C@@]3(C)CCC12O3. The summed E-state index contributed by atoms with van der Waals surface area (Å²) in [4.78, 5) is 42.6. The predicted octanol–water partition coefficient (Wildman–Crippen LogP) is 2.86. The standard InChI is InChI=1S/C27H39N3O5/c1-3-4-16-28-24(33)22-27-15-14-26(2,35-27)20(23(32)29-19-12-8-7-9-13-19)21(27)25(34)30(22)17-10-5-6-11-18-31/h7-9,12-13,20-22,31H,3-6,10-11,14-18H2,1-2H3,(H,28,33)(H,29,32)/t20-,21-,22?,26+,27?/m0/s1. The molecule has 3 N–H and O–H groups in total. The molecule has 8 heteroatoms. The van der Waals surface area contributed by atoms with Crippen molar-refractivity contribution in [3.8, 4) is 0 Å². The lowest BCUT2D eigenvalue weighted by Gasteiger charge is -2.33. The van der Waals surface area contributed by atoms with E-state index in [0.29, 0.717) is 31.6 Å². The second kappa shape index (κ2) is 10.7. The summed E-state index contributed by atoms with van der Waals surface area (Å²) in [6.07, 6.45) is 6.25. The van der Waals surface area contributed by atoms with E-state index in [1.807, 2.05) is 37.3 Å². The lowest BCUT2D eigenvalue weighted by molar-refractivity contribution is -0.145. The van der Waals surface area contributed by atoms with E-state index in [-0.39, 0.29) is 24.3 Å². The first-order valence-electron chi connectivity index (χ1n) is 13.1. The van der Waals surface area contributed by atoms with Gasteiger partial charge in [-0.2, -0.15) is 0 Å². The first kappa shape index (κ1) is 25.6. The van der Waals surface area contributed by atoms with Crippen molar-refractivity contribution in [3.63, 3.8) is 0 Å². The van der Waals surface area contributed by atoms with Gasteiger partial charge >= 0.3 is 0 Å². The van der Waals surface area contributed by atoms with Gasteiger partial charge in [-0.25, -0.2) is 0 Å². The molecular formula is C27H39N3O5. The number of ether oxygens (including phenoxy) is 1. The number of hydrogen-bond acceptors (Lipinski definition) is 5. The molecule has 3 heterocycles. The summed E-state index contributed by atoms with van der Waals surface area (Å²) < 4.78 is 6.61. The van der Waals surface area contributed by atoms with Crippen LogP contribution in [0.1, 0.15) is 65.2 Å². The third-order valence-electron chi connectivity index (χ3n) is 7.99. The Hall–Kier alpha value is -2.45. The van der Waals surface area contributed by atoms with Gasteiger partial charge in [-0.3, -0.25) is 14.4 Å². The molecule has 2 bridgehead atoms. The maximum absolute atomic E-state index is 13.9. The summed E-state index contributed by atoms with van der Waals surface area (Å²) in [5.74, 6) is -1.90. The molecular weight excluding hydrogens is 446 g/mol. The third-order valence-corrected chi connectivity index (χ3v) is 7.99. The Morgan fingerprint density at radius 1 is 1.09 bits per heavy atom. The number of para-hydroxylation sites is 1. The van der Waals surface area contributed by atoms with Gasteiger partial charge < -0.3 is 25.4 Å². The highest BCUT2D eigenvalue weighted by atomic mass is 16.5. The van der Waals surface area contributed by atoms with Gasteiger partial charge in [0.15, 0.2) is 0 Å². The lowest BCUT2D eigenvalue weighted by Crippen LogP contribution is -2.55. The normalized spacial score (nSPS) is 31.0. The maximum Gasteiger partial charge on any atom is 0.245 e. The molecule has 2 unspecified atom stereocenters. The van der Waals surface area contributed by atoms with Crippen molar-refractivity contribution in [2.75, 3.05) is 25.0 Å². The van der Waals surface area contributed by atoms with Crippen LogP contribution in [0.15, 0.2) is 30.3 Å². The number of benzene rings is 1. The van der Waals surface area contributed by atoms with Crippen LogP contribution in [0.4, 0.5) is 5.69 Å². The molecule has 4 rings (SSSR count). The first-order valence-corrected chi connectivity index (χ1v) is 13.1. The average molecular weight is 486 g/mol. The molecule has 1 aromatic carbocycles. The monoisotopic (exact) mass is 485 g/mol. The molecule has 5 atom stereocenters. The van der Waals surface area contributed by atoms with Crippen LogP contribution in [0, 0.1) is 11.8 Å². The molecule has 3 amide bonds. The predicted molar refractivity (Wildman–Crippen MR) is 132 cm³/mol. The number of rotatable bonds is 12. The zero-order valence-electron chi connectivity index (χ0n) is 20.9. The molecule has 3 aliphatic rings. The fourth-order valence-electron chi connectivity index (χ4n) is 6.34. The van der Waals surface area contributed by atoms with Gasteiger partial charge in [-0.1, -0.05) is 44.4 Å². The first-order chi connectivity index (χ1) is 16.9. The van der Waals surface area contributed by atoms with Crippen LogP contribution in [0.3, 0.4) is 0 Å². The second-order valence-electron chi connectivity index (χ2n) is 10.4. The number of fused-ring (bicyclic) bond motifs is 1. The molecule has 0 radical (unpaired) electrons. The van der Waals surface area contributed by atoms with E-state index in [2.05, 4.69) is 17.6 Å². The van der Waals surface area contributed by atoms with Gasteiger partial charge in [-0.05, 0) is 51.2 Å². The molecule has 3 fully saturated rings. The molecule has 1 aromatic rings. The topological polar surface area (TPSA) is 108 Å². The largest absolute Gasteiger partial charge is 0.396 e. The number of carbonyl (C=O) groups excluding carboxylic acids is 3. The Kier molecular flexibility index (Phi) is 7.81. The van der Waals surface area contributed by atoms with Gasteiger partial charge in [0.25, 0.3) is 0 Å². The number of likely N-dealkylation sites (tertiary alicyclic amines) is 1. The van der Waals surface area contributed by atoms with Crippen molar-refractivity contribution in [1.82, 2.24) is 10.2 Å². The fraction of sp³-hybridized carbons (Fsp3) is 0.667. The van der Waals surface area contributed by atoms with Gasteiger partial charge in [0.05, 0.1) is 17.4 Å². The number of amides is 3. The number of hydrogen-bond donors (Lipinski definition) is 3. The summed E-state index contributed by atoms with van der Waals surface area (Å²) in [6, 6.07) is 8.50. The van der Waals surface area contributed by atoms with E-state index in [4.69, 9.17) is 9.84 Å². The Morgan fingerprint density at radius 2 is 1.83 bits per heavy atom. The highest BCUT2D eigenvalue weighted by Gasteiger charge is 2.77. The summed E-state index contributed by atoms with van der Waals surface area (Å²) in [7, 11) is 0. The number of carbonyl (C=O) groups is 3. The summed E-state index contributed by atoms with van der Waals surface area (Å²) >= 11 is 0. The quantitative estimate of drug-likeness (QED) is 0.395. The smallest absolute Gasteiger partial charge is 0.245 e. The van der Waals surface area contributed by atoms with Crippen LogP contribution < -0.4 is 10.6 Å². The minimum absolute atomic E-state index is 0.153. The number of nitrogens with one attached hydrogen (secondary N) is 2. The third kappa shape index (κ3) is 4.70. The van der Waals surface area contributed by atoms with Crippen molar-refractivity contribution >= 4 is 23.4 Å². The van der Waals surface area contributed by atoms with Crippen molar-refractivity contribution < 1.29 is 24.2 Å². The van der Waals surface area contributed by atoms with Crippen LogP contribution in [0.25, 0.3) is 0 Å². The zero-order chi connectivity index (χ0) is 25.1. The summed E-state index contributed by atoms with van der Waals surface area (Å²) in [5, 5.41) is 15.1. The van der Waals surface area contributed by atoms with E-state index < -0.39 is 29.1 Å². The van der Waals surface area contributed by atoms with Crippen LogP contribution in [0.5, 0.6) is 0 Å². The number of aliphatic hydroxyl groups is 1.